The van der Waals surface area contributed by atoms with Crippen LogP contribution in [0.25, 0.3) is 0 Å². The number of anilines is 1. The van der Waals surface area contributed by atoms with Crippen LogP contribution in [0.5, 0.6) is 0 Å². The summed E-state index contributed by atoms with van der Waals surface area (Å²) in [7, 11) is 0. The zero-order valence-electron chi connectivity index (χ0n) is 7.02. The third kappa shape index (κ3) is 2.96. The molecule has 0 bridgehead atoms. The number of nitrogens with zero attached hydrogens (tertiary/aromatic N) is 2. The van der Waals surface area contributed by atoms with Crippen LogP contribution in [-0.2, 0) is 0 Å². The van der Waals surface area contributed by atoms with Gasteiger partial charge in [0, 0.05) is 6.07 Å². The van der Waals surface area contributed by atoms with Gasteiger partial charge in [-0.25, -0.2) is 4.98 Å². The number of aromatic nitrogens is 1. The van der Waals surface area contributed by atoms with E-state index in [9.17, 15) is 10.1 Å². The fourth-order valence-electron chi connectivity index (χ4n) is 0.505. The number of hydrogen-bond donors (Lipinski definition) is 1. The summed E-state index contributed by atoms with van der Waals surface area (Å²) in [5, 5.41) is 10.0. The van der Waals surface area contributed by atoms with Crippen molar-refractivity contribution in [3.05, 3.63) is 28.4 Å². The molecule has 0 unspecified atom stereocenters. The number of rotatable bonds is 1. The Morgan fingerprint density at radius 2 is 2.08 bits per heavy atom. The molecule has 66 valence electrons. The monoisotopic (exact) mass is 169 g/mol. The maximum atomic E-state index is 10.0. The van der Waals surface area contributed by atoms with Crippen LogP contribution in [0, 0.1) is 10.1 Å². The molecule has 0 spiro atoms. The molecule has 0 aliphatic rings. The number of nitro groups is 1. The SMILES string of the molecule is CC.Nc1ccc([N+](=O)[O-])cn1. The first kappa shape index (κ1) is 10.3. The van der Waals surface area contributed by atoms with Gasteiger partial charge >= 0.3 is 0 Å². The summed E-state index contributed by atoms with van der Waals surface area (Å²) < 4.78 is 0. The summed E-state index contributed by atoms with van der Waals surface area (Å²) in [6, 6.07) is 2.69. The quantitative estimate of drug-likeness (QED) is 0.511. The average molecular weight is 169 g/mol. The number of hydrogen-bond acceptors (Lipinski definition) is 4. The summed E-state index contributed by atoms with van der Waals surface area (Å²) in [5.41, 5.74) is 5.15. The third-order valence-electron chi connectivity index (χ3n) is 0.982. The lowest BCUT2D eigenvalue weighted by Crippen LogP contribution is -1.92. The summed E-state index contributed by atoms with van der Waals surface area (Å²) in [5.74, 6) is 0.283. The van der Waals surface area contributed by atoms with Crippen LogP contribution in [0.3, 0.4) is 0 Å². The van der Waals surface area contributed by atoms with Crippen LogP contribution in [-0.4, -0.2) is 9.91 Å². The zero-order valence-corrected chi connectivity index (χ0v) is 7.02. The molecule has 1 rings (SSSR count). The van der Waals surface area contributed by atoms with E-state index in [0.717, 1.165) is 6.20 Å². The molecule has 0 aromatic carbocycles. The Bertz CT molecular complexity index is 245. The average Bonchev–Trinajstić information content (AvgIpc) is 2.09. The molecular formula is C7H11N3O2. The number of nitrogens with two attached hydrogens (primary N) is 1. The number of pyridine rings is 1. The third-order valence-corrected chi connectivity index (χ3v) is 0.982. The van der Waals surface area contributed by atoms with E-state index < -0.39 is 4.92 Å². The molecule has 0 radical (unpaired) electrons. The highest BCUT2D eigenvalue weighted by molar-refractivity contribution is 5.35. The van der Waals surface area contributed by atoms with Crippen LogP contribution in [0.4, 0.5) is 11.5 Å². The molecule has 0 saturated heterocycles. The van der Waals surface area contributed by atoms with Gasteiger partial charge in [-0.1, -0.05) is 13.8 Å². The van der Waals surface area contributed by atoms with Crippen LogP contribution < -0.4 is 5.73 Å². The Labute approximate surface area is 70.4 Å². The van der Waals surface area contributed by atoms with Gasteiger partial charge in [-0.05, 0) is 6.07 Å². The molecule has 0 aliphatic heterocycles. The fourth-order valence-corrected chi connectivity index (χ4v) is 0.505. The van der Waals surface area contributed by atoms with Crippen LogP contribution in [0.1, 0.15) is 13.8 Å². The van der Waals surface area contributed by atoms with Crippen LogP contribution in [0.2, 0.25) is 0 Å². The first-order chi connectivity index (χ1) is 5.70. The Balaban J connectivity index is 0.000000561. The predicted molar refractivity (Wildman–Crippen MR) is 46.7 cm³/mol. The second-order valence-electron chi connectivity index (χ2n) is 1.70. The van der Waals surface area contributed by atoms with Gasteiger partial charge < -0.3 is 5.73 Å². The van der Waals surface area contributed by atoms with E-state index in [1.807, 2.05) is 13.8 Å². The smallest absolute Gasteiger partial charge is 0.287 e. The van der Waals surface area contributed by atoms with Crippen molar-refractivity contribution >= 4 is 11.5 Å². The summed E-state index contributed by atoms with van der Waals surface area (Å²) in [6.45, 7) is 4.00. The fraction of sp³-hybridized carbons (Fsp3) is 0.286. The van der Waals surface area contributed by atoms with E-state index in [-0.39, 0.29) is 11.5 Å². The van der Waals surface area contributed by atoms with Crippen molar-refractivity contribution in [2.24, 2.45) is 0 Å². The van der Waals surface area contributed by atoms with Gasteiger partial charge in [0.15, 0.2) is 0 Å². The molecule has 5 nitrogen and oxygen atoms in total. The number of nitrogen functional groups attached to an aromatic ring is 1. The molecule has 2 N–H and O–H groups in total. The van der Waals surface area contributed by atoms with E-state index in [0.29, 0.717) is 0 Å². The molecule has 0 saturated carbocycles. The van der Waals surface area contributed by atoms with Gasteiger partial charge in [-0.2, -0.15) is 0 Å². The summed E-state index contributed by atoms with van der Waals surface area (Å²) >= 11 is 0. The normalized spacial score (nSPS) is 8.17. The van der Waals surface area contributed by atoms with E-state index in [1.165, 1.54) is 12.1 Å². The molecule has 1 aromatic heterocycles. The Hall–Kier alpha value is -1.65. The van der Waals surface area contributed by atoms with Gasteiger partial charge in [-0.3, -0.25) is 10.1 Å². The van der Waals surface area contributed by atoms with Gasteiger partial charge in [0.25, 0.3) is 5.69 Å². The summed E-state index contributed by atoms with van der Waals surface area (Å²) in [6.07, 6.45) is 1.12. The largest absolute Gasteiger partial charge is 0.384 e. The first-order valence-corrected chi connectivity index (χ1v) is 3.56. The molecule has 12 heavy (non-hydrogen) atoms. The minimum atomic E-state index is -0.521. The van der Waals surface area contributed by atoms with Gasteiger partial charge in [-0.15, -0.1) is 0 Å². The van der Waals surface area contributed by atoms with E-state index in [4.69, 9.17) is 5.73 Å². The second kappa shape index (κ2) is 5.06. The lowest BCUT2D eigenvalue weighted by atomic mass is 10.4. The van der Waals surface area contributed by atoms with Crippen molar-refractivity contribution in [3.8, 4) is 0 Å². The van der Waals surface area contributed by atoms with Crippen molar-refractivity contribution in [3.63, 3.8) is 0 Å². The Morgan fingerprint density at radius 3 is 2.42 bits per heavy atom. The van der Waals surface area contributed by atoms with Gasteiger partial charge in [0.2, 0.25) is 0 Å². The molecule has 1 aromatic rings. The van der Waals surface area contributed by atoms with Gasteiger partial charge in [0.05, 0.1) is 4.92 Å². The van der Waals surface area contributed by atoms with Crippen LogP contribution in [0.15, 0.2) is 18.3 Å². The maximum absolute atomic E-state index is 10.0. The predicted octanol–water partition coefficient (Wildman–Crippen LogP) is 1.60. The minimum Gasteiger partial charge on any atom is -0.384 e. The second-order valence-corrected chi connectivity index (χ2v) is 1.70. The molecule has 0 atom stereocenters. The highest BCUT2D eigenvalue weighted by Crippen LogP contribution is 2.08. The lowest BCUT2D eigenvalue weighted by molar-refractivity contribution is -0.385. The topological polar surface area (TPSA) is 82.0 Å². The highest BCUT2D eigenvalue weighted by Gasteiger charge is 2.02. The Morgan fingerprint density at radius 1 is 1.50 bits per heavy atom. The minimum absolute atomic E-state index is 0.0470. The van der Waals surface area contributed by atoms with E-state index in [1.54, 1.807) is 0 Å². The molecular weight excluding hydrogens is 158 g/mol. The molecule has 0 fully saturated rings. The highest BCUT2D eigenvalue weighted by atomic mass is 16.6. The maximum Gasteiger partial charge on any atom is 0.287 e. The molecule has 5 heteroatoms. The van der Waals surface area contributed by atoms with Crippen molar-refractivity contribution in [2.45, 2.75) is 13.8 Å². The van der Waals surface area contributed by atoms with Crippen molar-refractivity contribution in [1.82, 2.24) is 4.98 Å². The van der Waals surface area contributed by atoms with Crippen LogP contribution >= 0.6 is 0 Å². The molecule has 0 amide bonds. The Kier molecular flexibility index (Phi) is 4.36. The lowest BCUT2D eigenvalue weighted by Gasteiger charge is -1.89. The first-order valence-electron chi connectivity index (χ1n) is 3.56. The molecule has 0 aliphatic carbocycles. The standard InChI is InChI=1S/C5H5N3O2.C2H6/c6-5-2-1-4(3-7-5)8(9)10;1-2/h1-3H,(H2,6,7);1-2H3. The molecule has 1 heterocycles. The van der Waals surface area contributed by atoms with Gasteiger partial charge in [0.1, 0.15) is 12.0 Å². The van der Waals surface area contributed by atoms with Crippen molar-refractivity contribution < 1.29 is 4.92 Å². The zero-order chi connectivity index (χ0) is 9.56. The summed E-state index contributed by atoms with van der Waals surface area (Å²) in [4.78, 5) is 13.1. The van der Waals surface area contributed by atoms with E-state index in [2.05, 4.69) is 4.98 Å². The van der Waals surface area contributed by atoms with Crippen molar-refractivity contribution in [2.75, 3.05) is 5.73 Å². The van der Waals surface area contributed by atoms with E-state index >= 15 is 0 Å². The van der Waals surface area contributed by atoms with Crippen molar-refractivity contribution in [1.29, 1.82) is 0 Å².